The lowest BCUT2D eigenvalue weighted by molar-refractivity contribution is 0.0946. The monoisotopic (exact) mass is 335 g/mol. The van der Waals surface area contributed by atoms with Gasteiger partial charge in [-0.05, 0) is 29.7 Å². The summed E-state index contributed by atoms with van der Waals surface area (Å²) in [5.74, 6) is 0.828. The zero-order chi connectivity index (χ0) is 17.5. The van der Waals surface area contributed by atoms with Crippen LogP contribution in [0.15, 0.2) is 66.7 Å². The Morgan fingerprint density at radius 2 is 1.80 bits per heavy atom. The number of carbonyl (C=O) groups is 1. The van der Waals surface area contributed by atoms with Crippen molar-refractivity contribution >= 4 is 5.91 Å². The van der Waals surface area contributed by atoms with Gasteiger partial charge >= 0.3 is 0 Å². The molecule has 3 aromatic rings. The van der Waals surface area contributed by atoms with Crippen molar-refractivity contribution in [3.63, 3.8) is 0 Å². The zero-order valence-corrected chi connectivity index (χ0v) is 14.1. The zero-order valence-electron chi connectivity index (χ0n) is 14.1. The van der Waals surface area contributed by atoms with Crippen molar-refractivity contribution in [3.05, 3.63) is 83.7 Å². The molecule has 0 saturated carbocycles. The molecule has 0 unspecified atom stereocenters. The number of hydrogen-bond donors (Lipinski definition) is 2. The molecular formula is C20H21N3O2. The molecular weight excluding hydrogens is 314 g/mol. The number of H-pyrrole nitrogens is 1. The van der Waals surface area contributed by atoms with Gasteiger partial charge in [-0.25, -0.2) is 0 Å². The minimum absolute atomic E-state index is 0.190. The van der Waals surface area contributed by atoms with Crippen LogP contribution >= 0.6 is 0 Å². The lowest BCUT2D eigenvalue weighted by Gasteiger charge is -2.12. The van der Waals surface area contributed by atoms with Crippen molar-refractivity contribution in [1.82, 2.24) is 15.5 Å². The Bertz CT molecular complexity index is 800. The minimum Gasteiger partial charge on any atom is -0.487 e. The van der Waals surface area contributed by atoms with Gasteiger partial charge in [0.1, 0.15) is 18.1 Å². The number of nitrogens with one attached hydrogen (secondary N) is 2. The second-order valence-corrected chi connectivity index (χ2v) is 5.90. The molecule has 1 aromatic heterocycles. The fraction of sp³-hybridized carbons (Fsp3) is 0.200. The summed E-state index contributed by atoms with van der Waals surface area (Å²) in [6, 6.07) is 21.3. The minimum atomic E-state index is -0.190. The maximum absolute atomic E-state index is 12.2. The van der Waals surface area contributed by atoms with Gasteiger partial charge in [-0.3, -0.25) is 9.89 Å². The van der Waals surface area contributed by atoms with E-state index < -0.39 is 0 Å². The summed E-state index contributed by atoms with van der Waals surface area (Å²) in [6.45, 7) is 2.98. The first kappa shape index (κ1) is 16.8. The fourth-order valence-electron chi connectivity index (χ4n) is 2.47. The van der Waals surface area contributed by atoms with Crippen molar-refractivity contribution < 1.29 is 9.53 Å². The van der Waals surface area contributed by atoms with Gasteiger partial charge in [-0.1, -0.05) is 55.5 Å². The molecule has 1 amide bonds. The summed E-state index contributed by atoms with van der Waals surface area (Å²) >= 11 is 0. The average Bonchev–Trinajstić information content (AvgIpc) is 3.15. The van der Waals surface area contributed by atoms with Crippen LogP contribution in [0.3, 0.4) is 0 Å². The van der Waals surface area contributed by atoms with E-state index in [-0.39, 0.29) is 11.8 Å². The summed E-state index contributed by atoms with van der Waals surface area (Å²) in [5.41, 5.74) is 2.32. The highest BCUT2D eigenvalue weighted by Crippen LogP contribution is 2.14. The van der Waals surface area contributed by atoms with Crippen molar-refractivity contribution in [2.24, 2.45) is 0 Å². The van der Waals surface area contributed by atoms with E-state index in [1.54, 1.807) is 6.07 Å². The third kappa shape index (κ3) is 4.70. The highest BCUT2D eigenvalue weighted by molar-refractivity contribution is 5.92. The van der Waals surface area contributed by atoms with Crippen LogP contribution in [0.5, 0.6) is 5.75 Å². The van der Waals surface area contributed by atoms with Gasteiger partial charge < -0.3 is 10.1 Å². The molecule has 0 aliphatic carbocycles. The van der Waals surface area contributed by atoms with E-state index >= 15 is 0 Å². The molecule has 128 valence electrons. The summed E-state index contributed by atoms with van der Waals surface area (Å²) in [7, 11) is 0. The smallest absolute Gasteiger partial charge is 0.271 e. The van der Waals surface area contributed by atoms with E-state index in [2.05, 4.69) is 34.6 Å². The number of aromatic amines is 1. The summed E-state index contributed by atoms with van der Waals surface area (Å²) in [6.07, 6.45) is 0. The Morgan fingerprint density at radius 1 is 1.12 bits per heavy atom. The lowest BCUT2D eigenvalue weighted by atomic mass is 10.0. The number of para-hydroxylation sites is 1. The molecule has 2 N–H and O–H groups in total. The molecule has 0 spiro atoms. The predicted octanol–water partition coefficient (Wildman–Crippen LogP) is 3.52. The molecule has 0 saturated heterocycles. The molecule has 0 aliphatic heterocycles. The molecule has 0 bridgehead atoms. The summed E-state index contributed by atoms with van der Waals surface area (Å²) < 4.78 is 5.64. The van der Waals surface area contributed by atoms with E-state index in [0.717, 1.165) is 11.4 Å². The maximum atomic E-state index is 12.2. The number of hydrogen-bond acceptors (Lipinski definition) is 3. The standard InChI is InChI=1S/C20H21N3O2/c1-15(16-8-4-2-5-9-16)13-21-20(24)19-12-17(22-23-19)14-25-18-10-6-3-7-11-18/h2-12,15H,13-14H2,1H3,(H,21,24)(H,22,23)/t15-/m0/s1. The topological polar surface area (TPSA) is 67.0 Å². The Labute approximate surface area is 147 Å². The van der Waals surface area contributed by atoms with Gasteiger partial charge in [0.2, 0.25) is 0 Å². The first-order chi connectivity index (χ1) is 12.2. The van der Waals surface area contributed by atoms with Crippen molar-refractivity contribution in [2.45, 2.75) is 19.4 Å². The van der Waals surface area contributed by atoms with Crippen LogP contribution in [0, 0.1) is 0 Å². The maximum Gasteiger partial charge on any atom is 0.271 e. The molecule has 5 heteroatoms. The molecule has 0 radical (unpaired) electrons. The van der Waals surface area contributed by atoms with E-state index in [1.165, 1.54) is 5.56 Å². The van der Waals surface area contributed by atoms with Crippen LogP contribution in [-0.2, 0) is 6.61 Å². The normalized spacial score (nSPS) is 11.7. The number of benzene rings is 2. The fourth-order valence-corrected chi connectivity index (χ4v) is 2.47. The van der Waals surface area contributed by atoms with E-state index in [0.29, 0.717) is 18.8 Å². The first-order valence-electron chi connectivity index (χ1n) is 8.27. The number of ether oxygens (including phenoxy) is 1. The second kappa shape index (κ2) is 8.15. The molecule has 0 fully saturated rings. The average molecular weight is 335 g/mol. The van der Waals surface area contributed by atoms with E-state index in [1.807, 2.05) is 48.5 Å². The molecule has 5 nitrogen and oxygen atoms in total. The van der Waals surface area contributed by atoms with Gasteiger partial charge in [0.05, 0.1) is 5.69 Å². The van der Waals surface area contributed by atoms with E-state index in [4.69, 9.17) is 4.74 Å². The summed E-state index contributed by atoms with van der Waals surface area (Å²) in [5, 5.41) is 9.82. The van der Waals surface area contributed by atoms with Crippen LogP contribution < -0.4 is 10.1 Å². The van der Waals surface area contributed by atoms with Crippen LogP contribution in [0.4, 0.5) is 0 Å². The number of nitrogens with zero attached hydrogens (tertiary/aromatic N) is 1. The van der Waals surface area contributed by atoms with Gasteiger partial charge in [0.15, 0.2) is 0 Å². The highest BCUT2D eigenvalue weighted by Gasteiger charge is 2.12. The number of carbonyl (C=O) groups excluding carboxylic acids is 1. The Balaban J connectivity index is 1.50. The SMILES string of the molecule is C[C@@H](CNC(=O)c1cc(COc2ccccc2)[nH]n1)c1ccccc1. The molecule has 1 atom stereocenters. The van der Waals surface area contributed by atoms with Crippen LogP contribution in [0.2, 0.25) is 0 Å². The molecule has 25 heavy (non-hydrogen) atoms. The van der Waals surface area contributed by atoms with Crippen molar-refractivity contribution in [2.75, 3.05) is 6.54 Å². The van der Waals surface area contributed by atoms with Crippen molar-refractivity contribution in [3.8, 4) is 5.75 Å². The highest BCUT2D eigenvalue weighted by atomic mass is 16.5. The largest absolute Gasteiger partial charge is 0.487 e. The summed E-state index contributed by atoms with van der Waals surface area (Å²) in [4.78, 5) is 12.2. The van der Waals surface area contributed by atoms with Crippen molar-refractivity contribution in [1.29, 1.82) is 0 Å². The second-order valence-electron chi connectivity index (χ2n) is 5.90. The van der Waals surface area contributed by atoms with E-state index in [9.17, 15) is 4.79 Å². The first-order valence-corrected chi connectivity index (χ1v) is 8.27. The Kier molecular flexibility index (Phi) is 5.46. The van der Waals surface area contributed by atoms with Crippen LogP contribution in [-0.4, -0.2) is 22.6 Å². The molecule has 0 aliphatic rings. The number of amides is 1. The predicted molar refractivity (Wildman–Crippen MR) is 96.6 cm³/mol. The third-order valence-electron chi connectivity index (χ3n) is 3.94. The van der Waals surface area contributed by atoms with Crippen LogP contribution in [0.25, 0.3) is 0 Å². The van der Waals surface area contributed by atoms with Gasteiger partial charge in [0, 0.05) is 6.54 Å². The Morgan fingerprint density at radius 3 is 2.52 bits per heavy atom. The van der Waals surface area contributed by atoms with Gasteiger partial charge in [-0.2, -0.15) is 5.10 Å². The quantitative estimate of drug-likeness (QED) is 0.694. The van der Waals surface area contributed by atoms with Crippen LogP contribution in [0.1, 0.15) is 34.6 Å². The Hall–Kier alpha value is -3.08. The van der Waals surface area contributed by atoms with Gasteiger partial charge in [0.25, 0.3) is 5.91 Å². The molecule has 3 rings (SSSR count). The molecule has 2 aromatic carbocycles. The lowest BCUT2D eigenvalue weighted by Crippen LogP contribution is -2.27. The third-order valence-corrected chi connectivity index (χ3v) is 3.94. The number of rotatable bonds is 7. The van der Waals surface area contributed by atoms with Gasteiger partial charge in [-0.15, -0.1) is 0 Å². The molecule has 1 heterocycles. The number of aromatic nitrogens is 2.